The Morgan fingerprint density at radius 2 is 1.95 bits per heavy atom. The Hall–Kier alpha value is -1.79. The second-order valence-corrected chi connectivity index (χ2v) is 4.96. The Morgan fingerprint density at radius 1 is 1.32 bits per heavy atom. The van der Waals surface area contributed by atoms with E-state index in [1.54, 1.807) is 6.07 Å². The number of nitrogens with one attached hydrogen (secondary N) is 1. The number of hydrogen-bond donors (Lipinski definition) is 3. The molecule has 0 atom stereocenters. The molecule has 104 valence electrons. The van der Waals surface area contributed by atoms with E-state index < -0.39 is 5.97 Å². The van der Waals surface area contributed by atoms with Crippen LogP contribution in [0.25, 0.3) is 0 Å². The van der Waals surface area contributed by atoms with Crippen molar-refractivity contribution in [2.75, 3.05) is 44.4 Å². The highest BCUT2D eigenvalue weighted by Crippen LogP contribution is 2.23. The first kappa shape index (κ1) is 13.6. The number of piperazine rings is 1. The van der Waals surface area contributed by atoms with Crippen molar-refractivity contribution < 1.29 is 9.90 Å². The smallest absolute Gasteiger partial charge is 0.337 e. The fourth-order valence-corrected chi connectivity index (χ4v) is 2.14. The Morgan fingerprint density at radius 3 is 2.53 bits per heavy atom. The number of likely N-dealkylation sites (N-methyl/N-ethyl adjacent to an activating group) is 1. The third-order valence-electron chi connectivity index (χ3n) is 3.41. The molecule has 1 aromatic rings. The van der Waals surface area contributed by atoms with Crippen LogP contribution >= 0.6 is 0 Å². The van der Waals surface area contributed by atoms with Crippen LogP contribution < -0.4 is 11.2 Å². The monoisotopic (exact) mass is 264 g/mol. The first-order valence-electron chi connectivity index (χ1n) is 6.31. The van der Waals surface area contributed by atoms with Crippen LogP contribution in [0.15, 0.2) is 12.1 Å². The predicted octanol–water partition coefficient (Wildman–Crippen LogP) is 0.850. The summed E-state index contributed by atoms with van der Waals surface area (Å²) >= 11 is 0. The Bertz CT molecular complexity index is 482. The van der Waals surface area contributed by atoms with Crippen LogP contribution in [0.1, 0.15) is 15.9 Å². The third kappa shape index (κ3) is 3.15. The summed E-state index contributed by atoms with van der Waals surface area (Å²) in [5, 5.41) is 11.2. The Kier molecular flexibility index (Phi) is 3.92. The van der Waals surface area contributed by atoms with Crippen LogP contribution in [0, 0.1) is 6.92 Å². The number of hydrazine groups is 1. The predicted molar refractivity (Wildman–Crippen MR) is 75.2 cm³/mol. The number of carbonyl (C=O) groups is 1. The van der Waals surface area contributed by atoms with E-state index in [1.807, 2.05) is 13.0 Å². The summed E-state index contributed by atoms with van der Waals surface area (Å²) in [6, 6.07) is 3.46. The van der Waals surface area contributed by atoms with Crippen molar-refractivity contribution in [2.24, 2.45) is 0 Å². The maximum absolute atomic E-state index is 11.1. The van der Waals surface area contributed by atoms with Crippen LogP contribution in [0.5, 0.6) is 0 Å². The number of aromatic carboxylic acids is 1. The third-order valence-corrected chi connectivity index (χ3v) is 3.41. The maximum Gasteiger partial charge on any atom is 0.337 e. The fraction of sp³-hybridized carbons (Fsp3) is 0.462. The quantitative estimate of drug-likeness (QED) is 0.702. The van der Waals surface area contributed by atoms with Gasteiger partial charge in [0.2, 0.25) is 0 Å². The Labute approximate surface area is 112 Å². The van der Waals surface area contributed by atoms with E-state index in [0.717, 1.165) is 37.4 Å². The molecular formula is C13H20N4O2. The molecule has 6 nitrogen and oxygen atoms in total. The molecule has 19 heavy (non-hydrogen) atoms. The number of anilines is 2. The molecule has 1 aromatic carbocycles. The van der Waals surface area contributed by atoms with Gasteiger partial charge < -0.3 is 21.2 Å². The highest BCUT2D eigenvalue weighted by Gasteiger charge is 2.16. The highest BCUT2D eigenvalue weighted by atomic mass is 16.4. The number of benzene rings is 1. The molecule has 6 heteroatoms. The lowest BCUT2D eigenvalue weighted by atomic mass is 10.1. The number of nitrogens with two attached hydrogens (primary N) is 1. The number of carboxylic acid groups (broad SMARTS) is 1. The lowest BCUT2D eigenvalue weighted by Gasteiger charge is -2.33. The molecule has 0 aliphatic carbocycles. The summed E-state index contributed by atoms with van der Waals surface area (Å²) in [7, 11) is 2.09. The molecule has 4 N–H and O–H groups in total. The molecular weight excluding hydrogens is 244 g/mol. The Balaban J connectivity index is 2.14. The van der Waals surface area contributed by atoms with Crippen LogP contribution in [0.2, 0.25) is 0 Å². The zero-order chi connectivity index (χ0) is 14.0. The summed E-state index contributed by atoms with van der Waals surface area (Å²) in [5.74, 6) is -0.998. The number of nitrogens with zero attached hydrogens (tertiary/aromatic N) is 2. The van der Waals surface area contributed by atoms with Gasteiger partial charge in [-0.1, -0.05) is 0 Å². The number of hydrogen-bond acceptors (Lipinski definition) is 5. The first-order valence-corrected chi connectivity index (χ1v) is 6.31. The minimum Gasteiger partial charge on any atom is -0.478 e. The van der Waals surface area contributed by atoms with Crippen LogP contribution in [0.4, 0.5) is 11.4 Å². The number of rotatable bonds is 3. The van der Waals surface area contributed by atoms with Gasteiger partial charge in [0, 0.05) is 31.9 Å². The molecule has 2 rings (SSSR count). The molecule has 1 heterocycles. The van der Waals surface area contributed by atoms with Crippen molar-refractivity contribution >= 4 is 17.3 Å². The second kappa shape index (κ2) is 5.46. The molecule has 1 aliphatic rings. The lowest BCUT2D eigenvalue weighted by Crippen LogP contribution is -2.46. The van der Waals surface area contributed by atoms with Crippen LogP contribution in [-0.2, 0) is 0 Å². The first-order chi connectivity index (χ1) is 8.97. The van der Waals surface area contributed by atoms with Gasteiger partial charge in [0.25, 0.3) is 0 Å². The van der Waals surface area contributed by atoms with Gasteiger partial charge in [-0.05, 0) is 31.7 Å². The minimum absolute atomic E-state index is 0.150. The molecule has 1 aliphatic heterocycles. The second-order valence-electron chi connectivity index (χ2n) is 4.96. The van der Waals surface area contributed by atoms with E-state index in [2.05, 4.69) is 22.4 Å². The molecule has 0 amide bonds. The van der Waals surface area contributed by atoms with Gasteiger partial charge >= 0.3 is 5.97 Å². The number of aryl methyl sites for hydroxylation is 1. The number of nitrogen functional groups attached to an aromatic ring is 1. The van der Waals surface area contributed by atoms with E-state index in [0.29, 0.717) is 5.69 Å². The molecule has 0 aromatic heterocycles. The summed E-state index contributed by atoms with van der Waals surface area (Å²) in [6.45, 7) is 5.61. The number of carboxylic acids is 1. The zero-order valence-corrected chi connectivity index (χ0v) is 11.3. The van der Waals surface area contributed by atoms with Crippen molar-refractivity contribution in [1.29, 1.82) is 0 Å². The van der Waals surface area contributed by atoms with Gasteiger partial charge in [0.15, 0.2) is 0 Å². The molecule has 1 fully saturated rings. The average Bonchev–Trinajstić information content (AvgIpc) is 2.36. The topological polar surface area (TPSA) is 81.8 Å². The SMILES string of the molecule is Cc1cc(NN2CCN(C)CC2)cc(C(=O)O)c1N. The summed E-state index contributed by atoms with van der Waals surface area (Å²) in [4.78, 5) is 13.4. The van der Waals surface area contributed by atoms with E-state index >= 15 is 0 Å². The lowest BCUT2D eigenvalue weighted by molar-refractivity contribution is 0.0698. The fourth-order valence-electron chi connectivity index (χ4n) is 2.14. The van der Waals surface area contributed by atoms with Gasteiger partial charge in [-0.2, -0.15) is 0 Å². The molecule has 0 unspecified atom stereocenters. The molecule has 1 saturated heterocycles. The van der Waals surface area contributed by atoms with Crippen LogP contribution in [-0.4, -0.2) is 54.2 Å². The van der Waals surface area contributed by atoms with Crippen molar-refractivity contribution in [3.8, 4) is 0 Å². The molecule has 0 bridgehead atoms. The van der Waals surface area contributed by atoms with Gasteiger partial charge in [0.1, 0.15) is 0 Å². The highest BCUT2D eigenvalue weighted by molar-refractivity contribution is 5.95. The summed E-state index contributed by atoms with van der Waals surface area (Å²) in [5.41, 5.74) is 11.1. The maximum atomic E-state index is 11.1. The van der Waals surface area contributed by atoms with Gasteiger partial charge in [-0.25, -0.2) is 9.80 Å². The standard InChI is InChI=1S/C13H20N4O2/c1-9-7-10(8-11(12(9)14)13(18)19)15-17-5-3-16(2)4-6-17/h7-8,15H,3-6,14H2,1-2H3,(H,18,19). The van der Waals surface area contributed by atoms with Crippen molar-refractivity contribution in [3.63, 3.8) is 0 Å². The zero-order valence-electron chi connectivity index (χ0n) is 11.3. The van der Waals surface area contributed by atoms with Gasteiger partial charge in [-0.3, -0.25) is 0 Å². The van der Waals surface area contributed by atoms with Gasteiger partial charge in [0.05, 0.1) is 11.3 Å². The van der Waals surface area contributed by atoms with E-state index in [9.17, 15) is 4.79 Å². The minimum atomic E-state index is -0.998. The normalized spacial score (nSPS) is 17.4. The molecule has 0 radical (unpaired) electrons. The van der Waals surface area contributed by atoms with E-state index in [-0.39, 0.29) is 5.56 Å². The van der Waals surface area contributed by atoms with Crippen LogP contribution in [0.3, 0.4) is 0 Å². The largest absolute Gasteiger partial charge is 0.478 e. The summed E-state index contributed by atoms with van der Waals surface area (Å²) < 4.78 is 0. The van der Waals surface area contributed by atoms with Crippen molar-refractivity contribution in [1.82, 2.24) is 9.91 Å². The van der Waals surface area contributed by atoms with Gasteiger partial charge in [-0.15, -0.1) is 0 Å². The van der Waals surface area contributed by atoms with Crippen molar-refractivity contribution in [2.45, 2.75) is 6.92 Å². The average molecular weight is 264 g/mol. The molecule has 0 saturated carbocycles. The molecule has 0 spiro atoms. The summed E-state index contributed by atoms with van der Waals surface area (Å²) in [6.07, 6.45) is 0. The van der Waals surface area contributed by atoms with Crippen molar-refractivity contribution in [3.05, 3.63) is 23.3 Å². The van der Waals surface area contributed by atoms with E-state index in [4.69, 9.17) is 10.8 Å². The van der Waals surface area contributed by atoms with E-state index in [1.165, 1.54) is 0 Å².